The molecule has 1 aromatic rings. The predicted octanol–water partition coefficient (Wildman–Crippen LogP) is 2.03. The standard InChI is InChI=1S/C18H25ClN6O/c1-22(2)17(26)13-24-8-10-25(11-9-24)18-21-20-12-16(23(18)3)14-4-6-15(19)7-5-14/h4-7,12,18H,8-11,13H2,1-3H3. The number of amides is 1. The summed E-state index contributed by atoms with van der Waals surface area (Å²) in [5.74, 6) is 0.140. The molecule has 0 radical (unpaired) electrons. The van der Waals surface area contributed by atoms with E-state index in [0.29, 0.717) is 6.54 Å². The number of azo groups is 1. The van der Waals surface area contributed by atoms with Crippen LogP contribution in [0.25, 0.3) is 5.70 Å². The summed E-state index contributed by atoms with van der Waals surface area (Å²) >= 11 is 5.99. The Morgan fingerprint density at radius 1 is 1.19 bits per heavy atom. The minimum atomic E-state index is -0.127. The highest BCUT2D eigenvalue weighted by atomic mass is 35.5. The molecule has 2 aliphatic heterocycles. The topological polar surface area (TPSA) is 54.8 Å². The number of halogens is 1. The zero-order valence-corrected chi connectivity index (χ0v) is 16.2. The van der Waals surface area contributed by atoms with E-state index in [9.17, 15) is 4.79 Å². The van der Waals surface area contributed by atoms with Gasteiger partial charge >= 0.3 is 0 Å². The van der Waals surface area contributed by atoms with Crippen LogP contribution in [0.1, 0.15) is 5.56 Å². The van der Waals surface area contributed by atoms with E-state index in [2.05, 4.69) is 24.9 Å². The maximum Gasteiger partial charge on any atom is 0.236 e. The molecule has 1 fully saturated rings. The molecule has 1 atom stereocenters. The number of hydrogen-bond acceptors (Lipinski definition) is 6. The fraction of sp³-hybridized carbons (Fsp3) is 0.500. The van der Waals surface area contributed by atoms with Crippen LogP contribution < -0.4 is 0 Å². The number of piperazine rings is 1. The van der Waals surface area contributed by atoms with Crippen LogP contribution in [0.2, 0.25) is 5.02 Å². The number of likely N-dealkylation sites (N-methyl/N-ethyl adjacent to an activating group) is 1. The van der Waals surface area contributed by atoms with E-state index in [1.165, 1.54) is 0 Å². The average molecular weight is 377 g/mol. The monoisotopic (exact) mass is 376 g/mol. The summed E-state index contributed by atoms with van der Waals surface area (Å²) in [4.78, 5) is 20.1. The Bertz CT molecular complexity index is 694. The van der Waals surface area contributed by atoms with Crippen LogP contribution >= 0.6 is 11.6 Å². The first kappa shape index (κ1) is 18.8. The fourth-order valence-corrected chi connectivity index (χ4v) is 3.27. The van der Waals surface area contributed by atoms with Crippen LogP contribution in [0, 0.1) is 0 Å². The van der Waals surface area contributed by atoms with Gasteiger partial charge in [-0.2, -0.15) is 5.11 Å². The van der Waals surface area contributed by atoms with Crippen LogP contribution in [0.15, 0.2) is 40.7 Å². The maximum absolute atomic E-state index is 11.9. The van der Waals surface area contributed by atoms with Crippen LogP contribution in [0.5, 0.6) is 0 Å². The molecule has 1 amide bonds. The van der Waals surface area contributed by atoms with Gasteiger partial charge in [0.2, 0.25) is 5.91 Å². The Labute approximate surface area is 159 Å². The van der Waals surface area contributed by atoms with Crippen molar-refractivity contribution in [1.29, 1.82) is 0 Å². The largest absolute Gasteiger partial charge is 0.348 e. The number of carbonyl (C=O) groups is 1. The minimum absolute atomic E-state index is 0.127. The van der Waals surface area contributed by atoms with E-state index in [-0.39, 0.29) is 12.2 Å². The van der Waals surface area contributed by atoms with Crippen molar-refractivity contribution >= 4 is 23.2 Å². The molecule has 140 valence electrons. The quantitative estimate of drug-likeness (QED) is 0.806. The van der Waals surface area contributed by atoms with Crippen molar-refractivity contribution in [2.24, 2.45) is 10.2 Å². The highest BCUT2D eigenvalue weighted by molar-refractivity contribution is 6.30. The van der Waals surface area contributed by atoms with Crippen molar-refractivity contribution in [3.05, 3.63) is 41.1 Å². The molecular formula is C18H25ClN6O. The first-order valence-corrected chi connectivity index (χ1v) is 9.09. The summed E-state index contributed by atoms with van der Waals surface area (Å²) in [6, 6.07) is 7.75. The molecule has 1 unspecified atom stereocenters. The Hall–Kier alpha value is -1.96. The third-order valence-corrected chi connectivity index (χ3v) is 5.06. The van der Waals surface area contributed by atoms with E-state index in [4.69, 9.17) is 11.6 Å². The molecule has 0 aliphatic carbocycles. The van der Waals surface area contributed by atoms with E-state index in [0.717, 1.165) is 42.5 Å². The Morgan fingerprint density at radius 2 is 1.85 bits per heavy atom. The molecule has 26 heavy (non-hydrogen) atoms. The van der Waals surface area contributed by atoms with Gasteiger partial charge in [-0.05, 0) is 17.7 Å². The van der Waals surface area contributed by atoms with Gasteiger partial charge in [-0.25, -0.2) is 0 Å². The molecule has 0 saturated carbocycles. The first-order valence-electron chi connectivity index (χ1n) is 8.71. The van der Waals surface area contributed by atoms with E-state index in [1.807, 2.05) is 31.3 Å². The number of rotatable bonds is 4. The Balaban J connectivity index is 1.61. The number of nitrogens with zero attached hydrogens (tertiary/aromatic N) is 6. The molecule has 0 aromatic heterocycles. The lowest BCUT2D eigenvalue weighted by molar-refractivity contribution is -0.130. The molecule has 1 aromatic carbocycles. The Kier molecular flexibility index (Phi) is 5.90. The van der Waals surface area contributed by atoms with Gasteiger partial charge in [0.25, 0.3) is 0 Å². The van der Waals surface area contributed by atoms with Crippen molar-refractivity contribution in [3.63, 3.8) is 0 Å². The zero-order chi connectivity index (χ0) is 18.7. The summed E-state index contributed by atoms with van der Waals surface area (Å²) in [5.41, 5.74) is 2.09. The second-order valence-electron chi connectivity index (χ2n) is 6.81. The molecule has 0 bridgehead atoms. The zero-order valence-electron chi connectivity index (χ0n) is 15.5. The molecule has 2 heterocycles. The van der Waals surface area contributed by atoms with Gasteiger partial charge in [0.1, 0.15) is 0 Å². The lowest BCUT2D eigenvalue weighted by atomic mass is 10.1. The van der Waals surface area contributed by atoms with Crippen LogP contribution in [0.4, 0.5) is 0 Å². The van der Waals surface area contributed by atoms with Crippen LogP contribution in [-0.2, 0) is 4.79 Å². The lowest BCUT2D eigenvalue weighted by Gasteiger charge is -2.42. The van der Waals surface area contributed by atoms with E-state index < -0.39 is 0 Å². The molecule has 0 N–H and O–H groups in total. The minimum Gasteiger partial charge on any atom is -0.348 e. The second-order valence-corrected chi connectivity index (χ2v) is 7.25. The normalized spacial score (nSPS) is 21.6. The number of carbonyl (C=O) groups excluding carboxylic acids is 1. The summed E-state index contributed by atoms with van der Waals surface area (Å²) in [6.45, 7) is 3.86. The number of hydrogen-bond donors (Lipinski definition) is 0. The maximum atomic E-state index is 11.9. The van der Waals surface area contributed by atoms with Gasteiger partial charge < -0.3 is 9.80 Å². The molecule has 7 nitrogen and oxygen atoms in total. The van der Waals surface area contributed by atoms with Crippen LogP contribution in [0.3, 0.4) is 0 Å². The SMILES string of the molecule is CN(C)C(=O)CN1CCN(C2N=NC=C(c3ccc(Cl)cc3)N2C)CC1. The third kappa shape index (κ3) is 4.23. The van der Waals surface area contributed by atoms with Gasteiger partial charge in [-0.3, -0.25) is 14.6 Å². The molecule has 0 spiro atoms. The van der Waals surface area contributed by atoms with Crippen molar-refractivity contribution in [2.75, 3.05) is 53.9 Å². The summed E-state index contributed by atoms with van der Waals surface area (Å²) in [6.07, 6.45) is 1.66. The number of benzene rings is 1. The third-order valence-electron chi connectivity index (χ3n) is 4.81. The fourth-order valence-electron chi connectivity index (χ4n) is 3.14. The first-order chi connectivity index (χ1) is 12.5. The highest BCUT2D eigenvalue weighted by Crippen LogP contribution is 2.27. The van der Waals surface area contributed by atoms with Crippen molar-refractivity contribution < 1.29 is 4.79 Å². The van der Waals surface area contributed by atoms with Gasteiger partial charge in [0.15, 0.2) is 6.29 Å². The summed E-state index contributed by atoms with van der Waals surface area (Å²) in [5, 5.41) is 9.37. The van der Waals surface area contributed by atoms with E-state index >= 15 is 0 Å². The van der Waals surface area contributed by atoms with Gasteiger partial charge in [0.05, 0.1) is 18.4 Å². The van der Waals surface area contributed by atoms with Gasteiger partial charge in [-0.1, -0.05) is 23.7 Å². The summed E-state index contributed by atoms with van der Waals surface area (Å²) in [7, 11) is 5.62. The van der Waals surface area contributed by atoms with Gasteiger partial charge in [-0.15, -0.1) is 5.11 Å². The van der Waals surface area contributed by atoms with Crippen LogP contribution in [-0.4, -0.2) is 85.7 Å². The average Bonchev–Trinajstić information content (AvgIpc) is 2.63. The van der Waals surface area contributed by atoms with Gasteiger partial charge in [0, 0.05) is 52.3 Å². The van der Waals surface area contributed by atoms with Crippen molar-refractivity contribution in [3.8, 4) is 0 Å². The smallest absolute Gasteiger partial charge is 0.236 e. The van der Waals surface area contributed by atoms with E-state index in [1.54, 1.807) is 25.2 Å². The molecular weight excluding hydrogens is 352 g/mol. The lowest BCUT2D eigenvalue weighted by Crippen LogP contribution is -2.55. The second kappa shape index (κ2) is 8.16. The molecule has 3 rings (SSSR count). The molecule has 1 saturated heterocycles. The van der Waals surface area contributed by atoms with Crippen molar-refractivity contribution in [2.45, 2.75) is 6.29 Å². The highest BCUT2D eigenvalue weighted by Gasteiger charge is 2.30. The summed E-state index contributed by atoms with van der Waals surface area (Å²) < 4.78 is 0. The molecule has 2 aliphatic rings. The van der Waals surface area contributed by atoms with Crippen molar-refractivity contribution in [1.82, 2.24) is 19.6 Å². The molecule has 8 heteroatoms. The predicted molar refractivity (Wildman–Crippen MR) is 103 cm³/mol. The Morgan fingerprint density at radius 3 is 2.46 bits per heavy atom.